The molecule has 0 aliphatic rings. The van der Waals surface area contributed by atoms with Crippen molar-refractivity contribution >= 4 is 5.91 Å². The number of amides is 1. The Morgan fingerprint density at radius 2 is 1.93 bits per heavy atom. The molecule has 0 rings (SSSR count). The van der Waals surface area contributed by atoms with Gasteiger partial charge in [-0.05, 0) is 18.8 Å². The molecule has 0 heterocycles. The van der Waals surface area contributed by atoms with E-state index in [4.69, 9.17) is 0 Å². The standard InChI is InChI=1S/C12H25NO2/c1-6-10(4)12(5,15)8-13-11(14)7-9(2)3/h9-10,15H,6-8H2,1-5H3,(H,13,14). The van der Waals surface area contributed by atoms with Gasteiger partial charge in [0.15, 0.2) is 0 Å². The molecule has 2 unspecified atom stereocenters. The van der Waals surface area contributed by atoms with E-state index in [1.165, 1.54) is 0 Å². The van der Waals surface area contributed by atoms with Crippen molar-refractivity contribution in [2.24, 2.45) is 11.8 Å². The first-order chi connectivity index (χ1) is 6.79. The van der Waals surface area contributed by atoms with Crippen LogP contribution in [0.3, 0.4) is 0 Å². The van der Waals surface area contributed by atoms with Gasteiger partial charge in [-0.2, -0.15) is 0 Å². The van der Waals surface area contributed by atoms with E-state index in [9.17, 15) is 9.90 Å². The van der Waals surface area contributed by atoms with Gasteiger partial charge in [0, 0.05) is 13.0 Å². The monoisotopic (exact) mass is 215 g/mol. The van der Waals surface area contributed by atoms with Crippen molar-refractivity contribution in [1.82, 2.24) is 5.32 Å². The van der Waals surface area contributed by atoms with E-state index >= 15 is 0 Å². The van der Waals surface area contributed by atoms with Crippen LogP contribution in [0.1, 0.15) is 47.5 Å². The maximum atomic E-state index is 11.4. The molecule has 0 spiro atoms. The van der Waals surface area contributed by atoms with Crippen LogP contribution in [0.5, 0.6) is 0 Å². The second-order valence-corrected chi connectivity index (χ2v) is 5.04. The topological polar surface area (TPSA) is 49.3 Å². The molecule has 3 heteroatoms. The number of carbonyl (C=O) groups is 1. The summed E-state index contributed by atoms with van der Waals surface area (Å²) < 4.78 is 0. The Morgan fingerprint density at radius 1 is 1.40 bits per heavy atom. The highest BCUT2D eigenvalue weighted by Crippen LogP contribution is 2.18. The lowest BCUT2D eigenvalue weighted by molar-refractivity contribution is -0.123. The fraction of sp³-hybridized carbons (Fsp3) is 0.917. The van der Waals surface area contributed by atoms with Crippen LogP contribution in [0.2, 0.25) is 0 Å². The van der Waals surface area contributed by atoms with E-state index in [0.717, 1.165) is 6.42 Å². The van der Waals surface area contributed by atoms with E-state index in [-0.39, 0.29) is 11.8 Å². The molecule has 0 aromatic rings. The van der Waals surface area contributed by atoms with E-state index < -0.39 is 5.60 Å². The molecule has 3 nitrogen and oxygen atoms in total. The number of rotatable bonds is 6. The van der Waals surface area contributed by atoms with Crippen LogP contribution in [0, 0.1) is 11.8 Å². The van der Waals surface area contributed by atoms with Crippen molar-refractivity contribution in [1.29, 1.82) is 0 Å². The maximum Gasteiger partial charge on any atom is 0.220 e. The van der Waals surface area contributed by atoms with Crippen LogP contribution >= 0.6 is 0 Å². The van der Waals surface area contributed by atoms with E-state index in [0.29, 0.717) is 18.9 Å². The Hall–Kier alpha value is -0.570. The Kier molecular flexibility index (Phi) is 5.88. The minimum atomic E-state index is -0.804. The highest BCUT2D eigenvalue weighted by molar-refractivity contribution is 5.76. The van der Waals surface area contributed by atoms with Gasteiger partial charge in [-0.1, -0.05) is 34.1 Å². The molecule has 1 amide bonds. The van der Waals surface area contributed by atoms with Gasteiger partial charge in [-0.3, -0.25) is 4.79 Å². The molecule has 2 atom stereocenters. The minimum Gasteiger partial charge on any atom is -0.388 e. The maximum absolute atomic E-state index is 11.4. The quantitative estimate of drug-likeness (QED) is 0.711. The van der Waals surface area contributed by atoms with Gasteiger partial charge >= 0.3 is 0 Å². The van der Waals surface area contributed by atoms with Crippen molar-refractivity contribution in [2.75, 3.05) is 6.54 Å². The largest absolute Gasteiger partial charge is 0.388 e. The van der Waals surface area contributed by atoms with Gasteiger partial charge in [0.25, 0.3) is 0 Å². The fourth-order valence-corrected chi connectivity index (χ4v) is 1.33. The summed E-state index contributed by atoms with van der Waals surface area (Å²) in [4.78, 5) is 11.4. The molecule has 0 aromatic carbocycles. The van der Waals surface area contributed by atoms with Crippen molar-refractivity contribution in [3.63, 3.8) is 0 Å². The van der Waals surface area contributed by atoms with Gasteiger partial charge in [0.1, 0.15) is 0 Å². The first kappa shape index (κ1) is 14.4. The zero-order valence-electron chi connectivity index (χ0n) is 10.6. The summed E-state index contributed by atoms with van der Waals surface area (Å²) in [6, 6.07) is 0. The van der Waals surface area contributed by atoms with Gasteiger partial charge in [-0.25, -0.2) is 0 Å². The van der Waals surface area contributed by atoms with E-state index in [1.54, 1.807) is 6.92 Å². The lowest BCUT2D eigenvalue weighted by atomic mass is 9.88. The fourth-order valence-electron chi connectivity index (χ4n) is 1.33. The molecule has 0 bridgehead atoms. The van der Waals surface area contributed by atoms with Gasteiger partial charge < -0.3 is 10.4 Å². The minimum absolute atomic E-state index is 0.0218. The van der Waals surface area contributed by atoms with Crippen LogP contribution in [0.15, 0.2) is 0 Å². The molecule has 0 aliphatic carbocycles. The summed E-state index contributed by atoms with van der Waals surface area (Å²) in [7, 11) is 0. The van der Waals surface area contributed by atoms with Crippen LogP contribution < -0.4 is 5.32 Å². The normalized spacial score (nSPS) is 17.3. The number of nitrogens with one attached hydrogen (secondary N) is 1. The molecular formula is C12H25NO2. The third kappa shape index (κ3) is 5.78. The predicted octanol–water partition coefficient (Wildman–Crippen LogP) is 1.95. The summed E-state index contributed by atoms with van der Waals surface area (Å²) in [5.74, 6) is 0.573. The Labute approximate surface area is 93.3 Å². The summed E-state index contributed by atoms with van der Waals surface area (Å²) in [6.45, 7) is 10.2. The number of hydrogen-bond donors (Lipinski definition) is 2. The first-order valence-corrected chi connectivity index (χ1v) is 5.78. The Bertz CT molecular complexity index is 200. The second-order valence-electron chi connectivity index (χ2n) is 5.04. The molecule has 0 aromatic heterocycles. The van der Waals surface area contributed by atoms with E-state index in [1.807, 2.05) is 27.7 Å². The third-order valence-electron chi connectivity index (χ3n) is 2.91. The zero-order valence-corrected chi connectivity index (χ0v) is 10.6. The van der Waals surface area contributed by atoms with Crippen LogP contribution in [0.4, 0.5) is 0 Å². The van der Waals surface area contributed by atoms with Gasteiger partial charge in [0.2, 0.25) is 5.91 Å². The van der Waals surface area contributed by atoms with Gasteiger partial charge in [-0.15, -0.1) is 0 Å². The van der Waals surface area contributed by atoms with Crippen LogP contribution in [0.25, 0.3) is 0 Å². The molecular weight excluding hydrogens is 190 g/mol. The molecule has 15 heavy (non-hydrogen) atoms. The number of aliphatic hydroxyl groups is 1. The first-order valence-electron chi connectivity index (χ1n) is 5.78. The predicted molar refractivity (Wildman–Crippen MR) is 62.5 cm³/mol. The highest BCUT2D eigenvalue weighted by atomic mass is 16.3. The molecule has 0 saturated heterocycles. The summed E-state index contributed by atoms with van der Waals surface area (Å²) in [6.07, 6.45) is 1.43. The summed E-state index contributed by atoms with van der Waals surface area (Å²) >= 11 is 0. The van der Waals surface area contributed by atoms with E-state index in [2.05, 4.69) is 5.32 Å². The van der Waals surface area contributed by atoms with Crippen LogP contribution in [-0.2, 0) is 4.79 Å². The highest BCUT2D eigenvalue weighted by Gasteiger charge is 2.27. The average Bonchev–Trinajstić information content (AvgIpc) is 2.12. The summed E-state index contributed by atoms with van der Waals surface area (Å²) in [5.41, 5.74) is -0.804. The van der Waals surface area contributed by atoms with Crippen molar-refractivity contribution < 1.29 is 9.90 Å². The molecule has 2 N–H and O–H groups in total. The lowest BCUT2D eigenvalue weighted by Crippen LogP contribution is -2.45. The Balaban J connectivity index is 3.98. The number of hydrogen-bond acceptors (Lipinski definition) is 2. The van der Waals surface area contributed by atoms with Crippen molar-refractivity contribution in [2.45, 2.75) is 53.1 Å². The molecule has 0 aliphatic heterocycles. The number of carbonyl (C=O) groups excluding carboxylic acids is 1. The van der Waals surface area contributed by atoms with Gasteiger partial charge in [0.05, 0.1) is 5.60 Å². The molecule has 0 radical (unpaired) electrons. The van der Waals surface area contributed by atoms with Crippen molar-refractivity contribution in [3.8, 4) is 0 Å². The van der Waals surface area contributed by atoms with Crippen LogP contribution in [-0.4, -0.2) is 23.2 Å². The molecule has 0 saturated carbocycles. The van der Waals surface area contributed by atoms with Crippen molar-refractivity contribution in [3.05, 3.63) is 0 Å². The SMILES string of the molecule is CCC(C)C(C)(O)CNC(=O)CC(C)C. The Morgan fingerprint density at radius 3 is 2.33 bits per heavy atom. The zero-order chi connectivity index (χ0) is 12.1. The summed E-state index contributed by atoms with van der Waals surface area (Å²) in [5, 5.41) is 12.8. The smallest absolute Gasteiger partial charge is 0.220 e. The lowest BCUT2D eigenvalue weighted by Gasteiger charge is -2.29. The second kappa shape index (κ2) is 6.11. The average molecular weight is 215 g/mol. The molecule has 90 valence electrons. The molecule has 0 fully saturated rings. The third-order valence-corrected chi connectivity index (χ3v) is 2.91.